The van der Waals surface area contributed by atoms with Gasteiger partial charge in [-0.25, -0.2) is 23.4 Å². The third kappa shape index (κ3) is 4.85. The van der Waals surface area contributed by atoms with Crippen LogP contribution in [0.15, 0.2) is 53.7 Å². The van der Waals surface area contributed by atoms with Gasteiger partial charge in [-0.2, -0.15) is 4.31 Å². The van der Waals surface area contributed by atoms with Crippen LogP contribution in [0.5, 0.6) is 0 Å². The van der Waals surface area contributed by atoms with Gasteiger partial charge in [0.15, 0.2) is 15.8 Å². The summed E-state index contributed by atoms with van der Waals surface area (Å²) in [6.07, 6.45) is 1.50. The van der Waals surface area contributed by atoms with E-state index in [1.807, 2.05) is 13.1 Å². The molecule has 2 N–H and O–H groups in total. The summed E-state index contributed by atoms with van der Waals surface area (Å²) in [5.41, 5.74) is 4.69. The molecule has 3 heterocycles. The van der Waals surface area contributed by atoms with E-state index in [9.17, 15) is 8.42 Å². The minimum Gasteiger partial charge on any atom is -0.338 e. The van der Waals surface area contributed by atoms with Crippen molar-refractivity contribution >= 4 is 54.0 Å². The Morgan fingerprint density at radius 3 is 2.29 bits per heavy atom. The second kappa shape index (κ2) is 9.50. The Morgan fingerprint density at radius 1 is 0.914 bits per heavy atom. The van der Waals surface area contributed by atoms with Gasteiger partial charge in [0, 0.05) is 37.6 Å². The molecule has 1 aliphatic rings. The molecule has 9 nitrogen and oxygen atoms in total. The van der Waals surface area contributed by atoms with Gasteiger partial charge in [-0.3, -0.25) is 0 Å². The molecule has 0 spiro atoms. The molecule has 0 saturated carbocycles. The zero-order valence-electron chi connectivity index (χ0n) is 19.8. The standard InChI is InChI=1S/C24H27N7O2S2/c1-16-5-4-6-17(2)20(16)28-24-29-21-22(25-15-26-23(21)34-24)27-18-7-9-19(10-8-18)35(32,33)31-13-11-30(3)12-14-31/h4-10,15H,11-14H2,1-3H3,(H,28,29)(H,25,26,27). The summed E-state index contributed by atoms with van der Waals surface area (Å²) >= 11 is 1.45. The number of aryl methyl sites for hydroxylation is 2. The van der Waals surface area contributed by atoms with Gasteiger partial charge in [-0.05, 0) is 56.3 Å². The molecule has 2 aromatic carbocycles. The van der Waals surface area contributed by atoms with Crippen molar-refractivity contribution < 1.29 is 8.42 Å². The fourth-order valence-electron chi connectivity index (χ4n) is 4.04. The number of fused-ring (bicyclic) bond motifs is 1. The number of rotatable bonds is 6. The van der Waals surface area contributed by atoms with E-state index in [2.05, 4.69) is 51.5 Å². The number of hydrogen-bond donors (Lipinski definition) is 2. The van der Waals surface area contributed by atoms with Gasteiger partial charge in [0.25, 0.3) is 0 Å². The van der Waals surface area contributed by atoms with Crippen molar-refractivity contribution in [3.63, 3.8) is 0 Å². The molecule has 2 aromatic heterocycles. The van der Waals surface area contributed by atoms with Crippen LogP contribution >= 0.6 is 11.3 Å². The molecule has 4 aromatic rings. The number of para-hydroxylation sites is 1. The summed E-state index contributed by atoms with van der Waals surface area (Å²) < 4.78 is 27.5. The monoisotopic (exact) mass is 509 g/mol. The SMILES string of the molecule is Cc1cccc(C)c1Nc1nc2c(Nc3ccc(S(=O)(=O)N4CCN(C)CC4)cc3)ncnc2s1. The number of nitrogens with one attached hydrogen (secondary N) is 2. The lowest BCUT2D eigenvalue weighted by Gasteiger charge is -2.31. The molecule has 0 radical (unpaired) electrons. The average Bonchev–Trinajstić information content (AvgIpc) is 3.26. The molecule has 35 heavy (non-hydrogen) atoms. The normalized spacial score (nSPS) is 15.4. The van der Waals surface area contributed by atoms with E-state index in [-0.39, 0.29) is 4.90 Å². The molecular weight excluding hydrogens is 482 g/mol. The first-order chi connectivity index (χ1) is 16.8. The van der Waals surface area contributed by atoms with Crippen LogP contribution in [0.4, 0.5) is 22.3 Å². The summed E-state index contributed by atoms with van der Waals surface area (Å²) in [6.45, 7) is 6.58. The maximum atomic E-state index is 13.0. The third-order valence-corrected chi connectivity index (χ3v) is 8.92. The van der Waals surface area contributed by atoms with E-state index in [1.165, 1.54) is 17.7 Å². The van der Waals surface area contributed by atoms with Crippen molar-refractivity contribution in [2.24, 2.45) is 0 Å². The third-order valence-electron chi connectivity index (χ3n) is 6.13. The predicted octanol–water partition coefficient (Wildman–Crippen LogP) is 4.13. The van der Waals surface area contributed by atoms with Crippen molar-refractivity contribution in [1.29, 1.82) is 0 Å². The molecule has 0 unspecified atom stereocenters. The second-order valence-electron chi connectivity index (χ2n) is 8.64. The van der Waals surface area contributed by atoms with Crippen molar-refractivity contribution in [2.75, 3.05) is 43.9 Å². The number of sulfonamides is 1. The molecule has 0 atom stereocenters. The average molecular weight is 510 g/mol. The van der Waals surface area contributed by atoms with Crippen molar-refractivity contribution in [3.8, 4) is 0 Å². The minimum atomic E-state index is -3.51. The van der Waals surface area contributed by atoms with Crippen molar-refractivity contribution in [2.45, 2.75) is 18.7 Å². The first-order valence-corrected chi connectivity index (χ1v) is 13.6. The highest BCUT2D eigenvalue weighted by molar-refractivity contribution is 7.89. The Hall–Kier alpha value is -3.12. The van der Waals surface area contributed by atoms with Gasteiger partial charge in [0.2, 0.25) is 10.0 Å². The van der Waals surface area contributed by atoms with E-state index in [1.54, 1.807) is 28.6 Å². The molecule has 0 bridgehead atoms. The molecule has 5 rings (SSSR count). The number of aromatic nitrogens is 3. The largest absolute Gasteiger partial charge is 0.338 e. The van der Waals surface area contributed by atoms with Gasteiger partial charge in [-0.15, -0.1) is 0 Å². The zero-order chi connectivity index (χ0) is 24.6. The molecule has 1 saturated heterocycles. The summed E-state index contributed by atoms with van der Waals surface area (Å²) in [5, 5.41) is 7.41. The molecular formula is C24H27N7O2S2. The fourth-order valence-corrected chi connectivity index (χ4v) is 6.28. The molecule has 1 fully saturated rings. The van der Waals surface area contributed by atoms with Crippen LogP contribution in [-0.4, -0.2) is 65.8 Å². The predicted molar refractivity (Wildman–Crippen MR) is 140 cm³/mol. The van der Waals surface area contributed by atoms with Gasteiger partial charge < -0.3 is 15.5 Å². The second-order valence-corrected chi connectivity index (χ2v) is 11.6. The lowest BCUT2D eigenvalue weighted by molar-refractivity contribution is 0.222. The molecule has 182 valence electrons. The number of likely N-dealkylation sites (N-methyl/N-ethyl adjacent to an activating group) is 1. The van der Waals surface area contributed by atoms with Gasteiger partial charge in [-0.1, -0.05) is 29.5 Å². The lowest BCUT2D eigenvalue weighted by Crippen LogP contribution is -2.46. The first kappa shape index (κ1) is 23.6. The molecule has 0 aliphatic carbocycles. The van der Waals surface area contributed by atoms with Crippen molar-refractivity contribution in [1.82, 2.24) is 24.2 Å². The maximum absolute atomic E-state index is 13.0. The Bertz CT molecular complexity index is 1440. The van der Waals surface area contributed by atoms with Gasteiger partial charge in [0.05, 0.1) is 4.90 Å². The number of nitrogens with zero attached hydrogens (tertiary/aromatic N) is 5. The van der Waals surface area contributed by atoms with Crippen LogP contribution in [0.25, 0.3) is 10.3 Å². The number of hydrogen-bond acceptors (Lipinski definition) is 9. The highest BCUT2D eigenvalue weighted by Crippen LogP contribution is 2.33. The quantitative estimate of drug-likeness (QED) is 0.400. The highest BCUT2D eigenvalue weighted by atomic mass is 32.2. The van der Waals surface area contributed by atoms with Crippen LogP contribution in [-0.2, 0) is 10.0 Å². The van der Waals surface area contributed by atoms with E-state index in [0.717, 1.165) is 45.6 Å². The number of thiazole rings is 1. The Morgan fingerprint density at radius 2 is 1.60 bits per heavy atom. The summed E-state index contributed by atoms with van der Waals surface area (Å²) in [5.74, 6) is 0.565. The Balaban J connectivity index is 1.36. The molecule has 0 amide bonds. The Kier molecular flexibility index (Phi) is 6.41. The van der Waals surface area contributed by atoms with E-state index in [4.69, 9.17) is 4.98 Å². The van der Waals surface area contributed by atoms with Crippen LogP contribution in [0.3, 0.4) is 0 Å². The van der Waals surface area contributed by atoms with Crippen molar-refractivity contribution in [3.05, 3.63) is 59.9 Å². The lowest BCUT2D eigenvalue weighted by atomic mass is 10.1. The summed E-state index contributed by atoms with van der Waals surface area (Å²) in [4.78, 5) is 16.6. The van der Waals surface area contributed by atoms with Gasteiger partial charge >= 0.3 is 0 Å². The van der Waals surface area contributed by atoms with Crippen LogP contribution < -0.4 is 10.6 Å². The fraction of sp³-hybridized carbons (Fsp3) is 0.292. The van der Waals surface area contributed by atoms with E-state index in [0.29, 0.717) is 24.4 Å². The number of piperazine rings is 1. The topological polar surface area (TPSA) is 103 Å². The summed E-state index contributed by atoms with van der Waals surface area (Å²) in [6, 6.07) is 12.9. The molecule has 1 aliphatic heterocycles. The van der Waals surface area contributed by atoms with Crippen LogP contribution in [0, 0.1) is 13.8 Å². The zero-order valence-corrected chi connectivity index (χ0v) is 21.4. The van der Waals surface area contributed by atoms with Crippen LogP contribution in [0.2, 0.25) is 0 Å². The first-order valence-electron chi connectivity index (χ1n) is 11.3. The summed E-state index contributed by atoms with van der Waals surface area (Å²) in [7, 11) is -1.51. The minimum absolute atomic E-state index is 0.286. The van der Waals surface area contributed by atoms with E-state index >= 15 is 0 Å². The number of benzene rings is 2. The van der Waals surface area contributed by atoms with E-state index < -0.39 is 10.0 Å². The molecule has 11 heteroatoms. The maximum Gasteiger partial charge on any atom is 0.243 e. The smallest absolute Gasteiger partial charge is 0.243 e. The van der Waals surface area contributed by atoms with Crippen LogP contribution in [0.1, 0.15) is 11.1 Å². The Labute approximate surface area is 208 Å². The van der Waals surface area contributed by atoms with Gasteiger partial charge in [0.1, 0.15) is 11.8 Å². The number of anilines is 4. The highest BCUT2D eigenvalue weighted by Gasteiger charge is 2.27.